The Labute approximate surface area is 91.1 Å². The Morgan fingerprint density at radius 3 is 2.93 bits per heavy atom. The van der Waals surface area contributed by atoms with Crippen molar-refractivity contribution < 1.29 is 0 Å². The molecule has 2 rings (SSSR count). The standard InChI is InChI=1S/C9H10ClN3S/c1-13-7(5-11)12-8(9(13)10)6-3-2-4-14-6/h2-4H,5,11H2,1H3. The maximum atomic E-state index is 6.14. The molecule has 2 N–H and O–H groups in total. The average Bonchev–Trinajstić information content (AvgIpc) is 2.78. The van der Waals surface area contributed by atoms with Crippen LogP contribution in [-0.2, 0) is 13.6 Å². The average molecular weight is 228 g/mol. The van der Waals surface area contributed by atoms with E-state index in [2.05, 4.69) is 4.98 Å². The predicted octanol–water partition coefficient (Wildman–Crippen LogP) is 2.26. The molecule has 0 unspecified atom stereocenters. The number of halogens is 1. The smallest absolute Gasteiger partial charge is 0.137 e. The molecule has 2 aromatic heterocycles. The summed E-state index contributed by atoms with van der Waals surface area (Å²) in [6, 6.07) is 3.98. The minimum atomic E-state index is 0.404. The molecule has 0 saturated heterocycles. The van der Waals surface area contributed by atoms with Crippen molar-refractivity contribution in [3.05, 3.63) is 28.5 Å². The fourth-order valence-electron chi connectivity index (χ4n) is 1.27. The molecule has 14 heavy (non-hydrogen) atoms. The number of hydrogen-bond acceptors (Lipinski definition) is 3. The Hall–Kier alpha value is -0.840. The fraction of sp³-hybridized carbons (Fsp3) is 0.222. The lowest BCUT2D eigenvalue weighted by atomic mass is 10.4. The Morgan fingerprint density at radius 1 is 1.64 bits per heavy atom. The highest BCUT2D eigenvalue weighted by molar-refractivity contribution is 7.13. The molecule has 0 atom stereocenters. The van der Waals surface area contributed by atoms with Crippen molar-refractivity contribution in [1.82, 2.24) is 9.55 Å². The molecule has 0 spiro atoms. The van der Waals surface area contributed by atoms with E-state index in [0.29, 0.717) is 11.7 Å². The molecule has 0 aliphatic rings. The van der Waals surface area contributed by atoms with E-state index in [1.807, 2.05) is 29.1 Å². The second-order valence-electron chi connectivity index (χ2n) is 2.91. The number of hydrogen-bond donors (Lipinski definition) is 1. The maximum absolute atomic E-state index is 6.14. The van der Waals surface area contributed by atoms with Gasteiger partial charge in [-0.05, 0) is 11.4 Å². The predicted molar refractivity (Wildman–Crippen MR) is 59.4 cm³/mol. The molecule has 0 radical (unpaired) electrons. The summed E-state index contributed by atoms with van der Waals surface area (Å²) in [5.74, 6) is 0.804. The molecule has 0 amide bonds. The first-order chi connectivity index (χ1) is 6.74. The van der Waals surface area contributed by atoms with Crippen LogP contribution < -0.4 is 5.73 Å². The molecule has 0 aliphatic heterocycles. The van der Waals surface area contributed by atoms with Crippen LogP contribution in [-0.4, -0.2) is 9.55 Å². The zero-order valence-electron chi connectivity index (χ0n) is 7.70. The highest BCUT2D eigenvalue weighted by Gasteiger charge is 2.13. The van der Waals surface area contributed by atoms with Crippen LogP contribution in [0.5, 0.6) is 0 Å². The van der Waals surface area contributed by atoms with Gasteiger partial charge < -0.3 is 10.3 Å². The van der Waals surface area contributed by atoms with E-state index in [1.54, 1.807) is 11.3 Å². The van der Waals surface area contributed by atoms with E-state index in [4.69, 9.17) is 17.3 Å². The van der Waals surface area contributed by atoms with Gasteiger partial charge in [-0.15, -0.1) is 11.3 Å². The van der Waals surface area contributed by atoms with Gasteiger partial charge in [0.15, 0.2) is 0 Å². The summed E-state index contributed by atoms with van der Waals surface area (Å²) < 4.78 is 1.82. The van der Waals surface area contributed by atoms with E-state index in [-0.39, 0.29) is 0 Å². The molecule has 74 valence electrons. The van der Waals surface area contributed by atoms with Crippen molar-refractivity contribution in [3.8, 4) is 10.6 Å². The fourth-order valence-corrected chi connectivity index (χ4v) is 2.29. The van der Waals surface area contributed by atoms with Crippen molar-refractivity contribution in [2.45, 2.75) is 6.54 Å². The zero-order valence-corrected chi connectivity index (χ0v) is 9.27. The molecule has 0 saturated carbocycles. The molecule has 2 aromatic rings. The normalized spacial score (nSPS) is 10.8. The summed E-state index contributed by atoms with van der Waals surface area (Å²) in [4.78, 5) is 5.46. The SMILES string of the molecule is Cn1c(CN)nc(-c2cccs2)c1Cl. The van der Waals surface area contributed by atoms with E-state index in [0.717, 1.165) is 16.4 Å². The van der Waals surface area contributed by atoms with Crippen LogP contribution in [0.15, 0.2) is 17.5 Å². The number of nitrogens with two attached hydrogens (primary N) is 1. The number of nitrogens with zero attached hydrogens (tertiary/aromatic N) is 2. The van der Waals surface area contributed by atoms with Gasteiger partial charge >= 0.3 is 0 Å². The van der Waals surface area contributed by atoms with E-state index >= 15 is 0 Å². The van der Waals surface area contributed by atoms with Crippen LogP contribution in [0.2, 0.25) is 5.15 Å². The Bertz CT molecular complexity index is 433. The van der Waals surface area contributed by atoms with Crippen molar-refractivity contribution in [2.24, 2.45) is 12.8 Å². The quantitative estimate of drug-likeness (QED) is 0.856. The van der Waals surface area contributed by atoms with Crippen LogP contribution >= 0.6 is 22.9 Å². The lowest BCUT2D eigenvalue weighted by molar-refractivity contribution is 0.794. The van der Waals surface area contributed by atoms with E-state index < -0.39 is 0 Å². The van der Waals surface area contributed by atoms with Gasteiger partial charge in [0.25, 0.3) is 0 Å². The first-order valence-corrected chi connectivity index (χ1v) is 5.45. The van der Waals surface area contributed by atoms with Crippen LogP contribution in [0.1, 0.15) is 5.82 Å². The molecule has 3 nitrogen and oxygen atoms in total. The summed E-state index contributed by atoms with van der Waals surface area (Å²) in [6.45, 7) is 0.404. The number of rotatable bonds is 2. The highest BCUT2D eigenvalue weighted by Crippen LogP contribution is 2.30. The monoisotopic (exact) mass is 227 g/mol. The minimum absolute atomic E-state index is 0.404. The summed E-state index contributed by atoms with van der Waals surface area (Å²) in [5.41, 5.74) is 6.37. The second-order valence-corrected chi connectivity index (χ2v) is 4.21. The molecule has 2 heterocycles. The third-order valence-electron chi connectivity index (χ3n) is 2.06. The Balaban J connectivity index is 2.55. The largest absolute Gasteiger partial charge is 0.324 e. The first kappa shape index (κ1) is 9.71. The first-order valence-electron chi connectivity index (χ1n) is 4.19. The molecule has 0 aromatic carbocycles. The summed E-state index contributed by atoms with van der Waals surface area (Å²) in [7, 11) is 1.87. The summed E-state index contributed by atoms with van der Waals surface area (Å²) >= 11 is 7.76. The molecular formula is C9H10ClN3S. The van der Waals surface area contributed by atoms with Gasteiger partial charge in [0.05, 0.1) is 11.4 Å². The Kier molecular flexibility index (Phi) is 2.58. The minimum Gasteiger partial charge on any atom is -0.324 e. The van der Waals surface area contributed by atoms with Gasteiger partial charge in [0.1, 0.15) is 16.7 Å². The number of imidazole rings is 1. The zero-order chi connectivity index (χ0) is 10.1. The van der Waals surface area contributed by atoms with Crippen molar-refractivity contribution in [1.29, 1.82) is 0 Å². The van der Waals surface area contributed by atoms with Gasteiger partial charge in [-0.2, -0.15) is 0 Å². The Morgan fingerprint density at radius 2 is 2.43 bits per heavy atom. The van der Waals surface area contributed by atoms with Gasteiger partial charge in [-0.3, -0.25) is 0 Å². The molecule has 0 bridgehead atoms. The third kappa shape index (κ3) is 1.45. The van der Waals surface area contributed by atoms with Crippen LogP contribution in [0, 0.1) is 0 Å². The summed E-state index contributed by atoms with van der Waals surface area (Å²) in [6.07, 6.45) is 0. The second kappa shape index (κ2) is 3.73. The maximum Gasteiger partial charge on any atom is 0.137 e. The van der Waals surface area contributed by atoms with E-state index in [1.165, 1.54) is 0 Å². The number of aromatic nitrogens is 2. The van der Waals surface area contributed by atoms with Gasteiger partial charge in [-0.25, -0.2) is 4.98 Å². The van der Waals surface area contributed by atoms with Gasteiger partial charge in [0.2, 0.25) is 0 Å². The lowest BCUT2D eigenvalue weighted by Crippen LogP contribution is -2.04. The topological polar surface area (TPSA) is 43.8 Å². The lowest BCUT2D eigenvalue weighted by Gasteiger charge is -1.96. The van der Waals surface area contributed by atoms with Gasteiger partial charge in [-0.1, -0.05) is 17.7 Å². The number of thiophene rings is 1. The molecule has 0 aliphatic carbocycles. The van der Waals surface area contributed by atoms with Crippen molar-refractivity contribution in [3.63, 3.8) is 0 Å². The van der Waals surface area contributed by atoms with Crippen LogP contribution in [0.25, 0.3) is 10.6 Å². The summed E-state index contributed by atoms with van der Waals surface area (Å²) in [5, 5.41) is 2.65. The molecule has 5 heteroatoms. The third-order valence-corrected chi connectivity index (χ3v) is 3.36. The van der Waals surface area contributed by atoms with Crippen molar-refractivity contribution in [2.75, 3.05) is 0 Å². The molecular weight excluding hydrogens is 218 g/mol. The highest BCUT2D eigenvalue weighted by atomic mass is 35.5. The van der Waals surface area contributed by atoms with Crippen molar-refractivity contribution >= 4 is 22.9 Å². The van der Waals surface area contributed by atoms with Crippen LogP contribution in [0.3, 0.4) is 0 Å². The molecule has 0 fully saturated rings. The van der Waals surface area contributed by atoms with E-state index in [9.17, 15) is 0 Å². The van der Waals surface area contributed by atoms with Gasteiger partial charge in [0, 0.05) is 7.05 Å². The van der Waals surface area contributed by atoms with Crippen LogP contribution in [0.4, 0.5) is 0 Å².